The van der Waals surface area contributed by atoms with Crippen molar-refractivity contribution in [1.29, 1.82) is 0 Å². The highest BCUT2D eigenvalue weighted by atomic mass is 16.5. The fourth-order valence-electron chi connectivity index (χ4n) is 2.96. The number of ether oxygens (including phenoxy) is 1. The zero-order valence-electron chi connectivity index (χ0n) is 11.3. The molecule has 0 aliphatic carbocycles. The average Bonchev–Trinajstić information content (AvgIpc) is 2.81. The Morgan fingerprint density at radius 2 is 2.06 bits per heavy atom. The Labute approximate surface area is 109 Å². The van der Waals surface area contributed by atoms with Gasteiger partial charge >= 0.3 is 5.97 Å². The number of carbonyl (C=O) groups excluding carboxylic acids is 1. The third kappa shape index (κ3) is 2.15. The van der Waals surface area contributed by atoms with Gasteiger partial charge in [-0.25, -0.2) is 0 Å². The number of hydrogen-bond donors (Lipinski definition) is 0. The molecule has 1 aromatic carbocycles. The predicted octanol–water partition coefficient (Wildman–Crippen LogP) is 2.78. The summed E-state index contributed by atoms with van der Waals surface area (Å²) in [6.45, 7) is 5.09. The molecule has 1 fully saturated rings. The lowest BCUT2D eigenvalue weighted by Crippen LogP contribution is -2.49. The van der Waals surface area contributed by atoms with Crippen LogP contribution in [0.4, 0.5) is 0 Å². The number of rotatable bonds is 3. The minimum Gasteiger partial charge on any atom is -0.468 e. The smallest absolute Gasteiger partial charge is 0.326 e. The number of nitrogens with zero attached hydrogens (tertiary/aromatic N) is 1. The van der Waals surface area contributed by atoms with E-state index >= 15 is 0 Å². The summed E-state index contributed by atoms with van der Waals surface area (Å²) < 4.78 is 4.97. The lowest BCUT2D eigenvalue weighted by Gasteiger charge is -2.37. The summed E-state index contributed by atoms with van der Waals surface area (Å²) in [7, 11) is 1.47. The largest absolute Gasteiger partial charge is 0.468 e. The van der Waals surface area contributed by atoms with Crippen molar-refractivity contribution in [1.82, 2.24) is 4.90 Å². The Hall–Kier alpha value is -1.35. The molecule has 1 unspecified atom stereocenters. The van der Waals surface area contributed by atoms with Crippen LogP contribution >= 0.6 is 0 Å². The van der Waals surface area contributed by atoms with E-state index in [1.807, 2.05) is 25.1 Å². The first-order valence-electron chi connectivity index (χ1n) is 6.49. The molecule has 3 heteroatoms. The Kier molecular flexibility index (Phi) is 3.71. The second-order valence-corrected chi connectivity index (χ2v) is 5.15. The molecule has 1 saturated heterocycles. The third-order valence-electron chi connectivity index (χ3n) is 4.07. The van der Waals surface area contributed by atoms with E-state index in [2.05, 4.69) is 24.0 Å². The molecule has 0 spiro atoms. The van der Waals surface area contributed by atoms with Gasteiger partial charge in [-0.3, -0.25) is 9.69 Å². The van der Waals surface area contributed by atoms with Crippen LogP contribution in [0.25, 0.3) is 0 Å². The molecule has 98 valence electrons. The van der Waals surface area contributed by atoms with Crippen molar-refractivity contribution in [3.05, 3.63) is 35.9 Å². The number of benzene rings is 1. The van der Waals surface area contributed by atoms with E-state index in [-0.39, 0.29) is 12.0 Å². The van der Waals surface area contributed by atoms with E-state index in [4.69, 9.17) is 4.74 Å². The first-order valence-corrected chi connectivity index (χ1v) is 6.49. The van der Waals surface area contributed by atoms with Crippen LogP contribution in [0.1, 0.15) is 38.3 Å². The van der Waals surface area contributed by atoms with Crippen molar-refractivity contribution in [2.24, 2.45) is 0 Å². The molecule has 1 aromatic rings. The maximum Gasteiger partial charge on any atom is 0.326 e. The SMILES string of the molecule is COC(=O)C1(C)CCCN1[C@@H](C)c1ccccc1. The van der Waals surface area contributed by atoms with Crippen LogP contribution in [0.15, 0.2) is 30.3 Å². The van der Waals surface area contributed by atoms with Crippen molar-refractivity contribution in [2.75, 3.05) is 13.7 Å². The zero-order chi connectivity index (χ0) is 13.2. The number of carbonyl (C=O) groups is 1. The van der Waals surface area contributed by atoms with Crippen LogP contribution in [0, 0.1) is 0 Å². The van der Waals surface area contributed by atoms with Crippen LogP contribution in [-0.2, 0) is 9.53 Å². The highest BCUT2D eigenvalue weighted by molar-refractivity contribution is 5.80. The quantitative estimate of drug-likeness (QED) is 0.769. The van der Waals surface area contributed by atoms with Gasteiger partial charge in [-0.15, -0.1) is 0 Å². The molecule has 1 heterocycles. The molecule has 0 N–H and O–H groups in total. The van der Waals surface area contributed by atoms with Crippen molar-refractivity contribution in [3.8, 4) is 0 Å². The minimum atomic E-state index is -0.482. The van der Waals surface area contributed by atoms with E-state index in [9.17, 15) is 4.79 Å². The van der Waals surface area contributed by atoms with Crippen LogP contribution in [0.5, 0.6) is 0 Å². The molecule has 18 heavy (non-hydrogen) atoms. The van der Waals surface area contributed by atoms with E-state index in [0.29, 0.717) is 0 Å². The summed E-state index contributed by atoms with van der Waals surface area (Å²) >= 11 is 0. The lowest BCUT2D eigenvalue weighted by atomic mass is 9.96. The molecule has 2 atom stereocenters. The molecule has 0 amide bonds. The molecule has 0 radical (unpaired) electrons. The van der Waals surface area contributed by atoms with Gasteiger partial charge in [0.15, 0.2) is 0 Å². The van der Waals surface area contributed by atoms with E-state index in [1.165, 1.54) is 12.7 Å². The second kappa shape index (κ2) is 5.11. The molecular formula is C15H21NO2. The summed E-state index contributed by atoms with van der Waals surface area (Å²) in [4.78, 5) is 14.3. The maximum atomic E-state index is 12.0. The Morgan fingerprint density at radius 3 is 2.67 bits per heavy atom. The van der Waals surface area contributed by atoms with Gasteiger partial charge in [-0.1, -0.05) is 30.3 Å². The first kappa shape index (κ1) is 13.1. The van der Waals surface area contributed by atoms with Gasteiger partial charge in [0, 0.05) is 6.04 Å². The summed E-state index contributed by atoms with van der Waals surface area (Å²) in [5.41, 5.74) is 0.763. The van der Waals surface area contributed by atoms with Crippen molar-refractivity contribution in [3.63, 3.8) is 0 Å². The molecule has 1 aliphatic rings. The van der Waals surface area contributed by atoms with Gasteiger partial charge < -0.3 is 4.74 Å². The molecule has 2 rings (SSSR count). The highest BCUT2D eigenvalue weighted by Crippen LogP contribution is 2.37. The highest BCUT2D eigenvalue weighted by Gasteiger charge is 2.46. The Bertz CT molecular complexity index is 418. The Morgan fingerprint density at radius 1 is 1.39 bits per heavy atom. The van der Waals surface area contributed by atoms with Crippen molar-refractivity contribution >= 4 is 5.97 Å². The van der Waals surface area contributed by atoms with Crippen LogP contribution in [-0.4, -0.2) is 30.1 Å². The van der Waals surface area contributed by atoms with Crippen LogP contribution < -0.4 is 0 Å². The van der Waals surface area contributed by atoms with Gasteiger partial charge in [-0.05, 0) is 38.8 Å². The molecule has 1 aliphatic heterocycles. The molecule has 0 bridgehead atoms. The molecular weight excluding hydrogens is 226 g/mol. The predicted molar refractivity (Wildman–Crippen MR) is 71.2 cm³/mol. The second-order valence-electron chi connectivity index (χ2n) is 5.15. The Balaban J connectivity index is 2.24. The van der Waals surface area contributed by atoms with E-state index in [0.717, 1.165) is 19.4 Å². The number of esters is 1. The normalized spacial score (nSPS) is 25.9. The van der Waals surface area contributed by atoms with Gasteiger partial charge in [-0.2, -0.15) is 0 Å². The van der Waals surface area contributed by atoms with Gasteiger partial charge in [0.05, 0.1) is 7.11 Å². The van der Waals surface area contributed by atoms with Crippen molar-refractivity contribution in [2.45, 2.75) is 38.3 Å². The third-order valence-corrected chi connectivity index (χ3v) is 4.07. The van der Waals surface area contributed by atoms with E-state index < -0.39 is 5.54 Å². The molecule has 0 saturated carbocycles. The fourth-order valence-corrected chi connectivity index (χ4v) is 2.96. The van der Waals surface area contributed by atoms with Crippen molar-refractivity contribution < 1.29 is 9.53 Å². The monoisotopic (exact) mass is 247 g/mol. The average molecular weight is 247 g/mol. The van der Waals surface area contributed by atoms with Crippen LogP contribution in [0.3, 0.4) is 0 Å². The van der Waals surface area contributed by atoms with Crippen LogP contribution in [0.2, 0.25) is 0 Å². The summed E-state index contributed by atoms with van der Waals surface area (Å²) in [5.74, 6) is -0.122. The number of hydrogen-bond acceptors (Lipinski definition) is 3. The van der Waals surface area contributed by atoms with Gasteiger partial charge in [0.1, 0.15) is 5.54 Å². The lowest BCUT2D eigenvalue weighted by molar-refractivity contribution is -0.153. The standard InChI is InChI=1S/C15H21NO2/c1-12(13-8-5-4-6-9-13)16-11-7-10-15(16,2)14(17)18-3/h4-6,8-9,12H,7,10-11H2,1-3H3/t12-,15?/m0/s1. The molecule has 3 nitrogen and oxygen atoms in total. The summed E-state index contributed by atoms with van der Waals surface area (Å²) in [5, 5.41) is 0. The minimum absolute atomic E-state index is 0.122. The first-order chi connectivity index (χ1) is 8.59. The van der Waals surface area contributed by atoms with E-state index in [1.54, 1.807) is 0 Å². The maximum absolute atomic E-state index is 12.0. The fraction of sp³-hybridized carbons (Fsp3) is 0.533. The van der Waals surface area contributed by atoms with Gasteiger partial charge in [0.25, 0.3) is 0 Å². The summed E-state index contributed by atoms with van der Waals surface area (Å²) in [6, 6.07) is 10.5. The topological polar surface area (TPSA) is 29.5 Å². The zero-order valence-corrected chi connectivity index (χ0v) is 11.3. The number of likely N-dealkylation sites (tertiary alicyclic amines) is 1. The van der Waals surface area contributed by atoms with Gasteiger partial charge in [0.2, 0.25) is 0 Å². The molecule has 0 aromatic heterocycles. The summed E-state index contributed by atoms with van der Waals surface area (Å²) in [6.07, 6.45) is 1.92. The number of methoxy groups -OCH3 is 1.